The van der Waals surface area contributed by atoms with Gasteiger partial charge in [-0.1, -0.05) is 30.6 Å². The second-order valence-electron chi connectivity index (χ2n) is 5.51. The van der Waals surface area contributed by atoms with E-state index >= 15 is 0 Å². The molecule has 0 unspecified atom stereocenters. The molecule has 0 bridgehead atoms. The van der Waals surface area contributed by atoms with E-state index in [1.807, 2.05) is 6.07 Å². The number of nitrogens with two attached hydrogens (primary N) is 1. The number of benzene rings is 1. The first-order valence-corrected chi connectivity index (χ1v) is 7.82. The minimum absolute atomic E-state index is 0.0206. The molecule has 0 atom stereocenters. The Balaban J connectivity index is 2.17. The third-order valence-electron chi connectivity index (χ3n) is 4.43. The summed E-state index contributed by atoms with van der Waals surface area (Å²) in [5, 5.41) is 0. The molecule has 0 aliphatic heterocycles. The van der Waals surface area contributed by atoms with Crippen LogP contribution in [0, 0.1) is 0 Å². The Hall–Kier alpha value is -1.33. The maximum absolute atomic E-state index is 11.5. The molecule has 0 saturated heterocycles. The topological polar surface area (TPSA) is 65.5 Å². The van der Waals surface area contributed by atoms with Gasteiger partial charge in [-0.2, -0.15) is 0 Å². The van der Waals surface area contributed by atoms with Gasteiger partial charge >= 0.3 is 4.94 Å². The Kier molecular flexibility index (Phi) is 3.56. The molecule has 0 spiro atoms. The number of hydrogen-bond acceptors (Lipinski definition) is 5. The highest BCUT2D eigenvalue weighted by Gasteiger charge is 2.33. The van der Waals surface area contributed by atoms with Gasteiger partial charge in [-0.05, 0) is 30.5 Å². The SMILES string of the molecule is COc1cc(C2(CN)CCCCC2)cc2sc(=O)oc12. The van der Waals surface area contributed by atoms with Crippen LogP contribution in [-0.2, 0) is 5.41 Å². The molecular formula is C15H19NO3S. The van der Waals surface area contributed by atoms with E-state index in [2.05, 4.69) is 6.07 Å². The van der Waals surface area contributed by atoms with Crippen molar-refractivity contribution in [2.75, 3.05) is 13.7 Å². The minimum atomic E-state index is -0.291. The molecule has 1 aliphatic carbocycles. The number of methoxy groups -OCH3 is 1. The fraction of sp³-hybridized carbons (Fsp3) is 0.533. The molecule has 1 aromatic carbocycles. The van der Waals surface area contributed by atoms with Crippen molar-refractivity contribution < 1.29 is 9.15 Å². The predicted molar refractivity (Wildman–Crippen MR) is 80.7 cm³/mol. The average Bonchev–Trinajstić information content (AvgIpc) is 2.87. The van der Waals surface area contributed by atoms with E-state index in [1.165, 1.54) is 24.8 Å². The zero-order valence-corrected chi connectivity index (χ0v) is 12.4. The van der Waals surface area contributed by atoms with Crippen LogP contribution < -0.4 is 15.4 Å². The molecule has 5 heteroatoms. The van der Waals surface area contributed by atoms with Gasteiger partial charge in [0.1, 0.15) is 0 Å². The van der Waals surface area contributed by atoms with Gasteiger partial charge in [0.15, 0.2) is 11.3 Å². The summed E-state index contributed by atoms with van der Waals surface area (Å²) >= 11 is 1.13. The maximum Gasteiger partial charge on any atom is 0.396 e. The Morgan fingerprint density at radius 2 is 2.10 bits per heavy atom. The van der Waals surface area contributed by atoms with E-state index in [4.69, 9.17) is 14.9 Å². The van der Waals surface area contributed by atoms with Crippen LogP contribution in [0.25, 0.3) is 10.3 Å². The smallest absolute Gasteiger partial charge is 0.396 e. The fourth-order valence-corrected chi connectivity index (χ4v) is 3.97. The maximum atomic E-state index is 11.5. The molecule has 1 aromatic heterocycles. The van der Waals surface area contributed by atoms with Gasteiger partial charge in [-0.25, -0.2) is 4.79 Å². The van der Waals surface area contributed by atoms with Crippen molar-refractivity contribution in [1.82, 2.24) is 0 Å². The van der Waals surface area contributed by atoms with Gasteiger partial charge in [-0.3, -0.25) is 0 Å². The minimum Gasteiger partial charge on any atom is -0.493 e. The van der Waals surface area contributed by atoms with Gasteiger partial charge < -0.3 is 14.9 Å². The Morgan fingerprint density at radius 1 is 1.35 bits per heavy atom. The molecular weight excluding hydrogens is 274 g/mol. The van der Waals surface area contributed by atoms with Gasteiger partial charge in [-0.15, -0.1) is 0 Å². The van der Waals surface area contributed by atoms with Crippen molar-refractivity contribution >= 4 is 21.6 Å². The van der Waals surface area contributed by atoms with E-state index < -0.39 is 0 Å². The number of fused-ring (bicyclic) bond motifs is 1. The standard InChI is InChI=1S/C15H19NO3S/c1-18-11-7-10(8-12-13(11)19-14(17)20-12)15(9-16)5-3-2-4-6-15/h7-8H,2-6,9,16H2,1H3. The van der Waals surface area contributed by atoms with Crippen molar-refractivity contribution in [2.45, 2.75) is 37.5 Å². The molecule has 1 fully saturated rings. The lowest BCUT2D eigenvalue weighted by Gasteiger charge is -2.37. The Bertz CT molecular complexity index is 667. The van der Waals surface area contributed by atoms with Crippen LogP contribution >= 0.6 is 11.3 Å². The van der Waals surface area contributed by atoms with Crippen LogP contribution in [0.2, 0.25) is 0 Å². The highest BCUT2D eigenvalue weighted by atomic mass is 32.1. The van der Waals surface area contributed by atoms with Gasteiger partial charge in [0.05, 0.1) is 11.8 Å². The summed E-state index contributed by atoms with van der Waals surface area (Å²) < 4.78 is 11.5. The van der Waals surface area contributed by atoms with Crippen LogP contribution in [0.4, 0.5) is 0 Å². The van der Waals surface area contributed by atoms with Crippen LogP contribution in [0.1, 0.15) is 37.7 Å². The number of hydrogen-bond donors (Lipinski definition) is 1. The third-order valence-corrected chi connectivity index (χ3v) is 5.21. The summed E-state index contributed by atoms with van der Waals surface area (Å²) in [7, 11) is 1.60. The van der Waals surface area contributed by atoms with Crippen LogP contribution in [0.3, 0.4) is 0 Å². The lowest BCUT2D eigenvalue weighted by Crippen LogP contribution is -2.37. The zero-order chi connectivity index (χ0) is 14.2. The normalized spacial score (nSPS) is 18.3. The number of rotatable bonds is 3. The molecule has 20 heavy (non-hydrogen) atoms. The summed E-state index contributed by atoms with van der Waals surface area (Å²) in [5.74, 6) is 0.634. The second-order valence-corrected chi connectivity index (χ2v) is 6.48. The van der Waals surface area contributed by atoms with Gasteiger partial charge in [0.2, 0.25) is 0 Å². The summed E-state index contributed by atoms with van der Waals surface area (Å²) in [6.45, 7) is 0.633. The number of ether oxygens (including phenoxy) is 1. The summed E-state index contributed by atoms with van der Waals surface area (Å²) in [6.07, 6.45) is 5.90. The van der Waals surface area contributed by atoms with Crippen molar-refractivity contribution in [3.05, 3.63) is 27.4 Å². The molecule has 1 heterocycles. The highest BCUT2D eigenvalue weighted by molar-refractivity contribution is 7.16. The monoisotopic (exact) mass is 293 g/mol. The van der Waals surface area contributed by atoms with E-state index in [0.29, 0.717) is 17.9 Å². The third kappa shape index (κ3) is 2.15. The molecule has 1 saturated carbocycles. The molecule has 0 amide bonds. The van der Waals surface area contributed by atoms with E-state index in [-0.39, 0.29) is 10.4 Å². The Labute approximate surface area is 121 Å². The molecule has 2 N–H and O–H groups in total. The molecule has 2 aromatic rings. The highest BCUT2D eigenvalue weighted by Crippen LogP contribution is 2.42. The molecule has 0 radical (unpaired) electrons. The molecule has 1 aliphatic rings. The lowest BCUT2D eigenvalue weighted by atomic mass is 9.69. The molecule has 108 valence electrons. The lowest BCUT2D eigenvalue weighted by molar-refractivity contribution is 0.299. The first kappa shape index (κ1) is 13.6. The van der Waals surface area contributed by atoms with E-state index in [9.17, 15) is 4.79 Å². The summed E-state index contributed by atoms with van der Waals surface area (Å²) in [5.41, 5.74) is 7.84. The Morgan fingerprint density at radius 3 is 2.75 bits per heavy atom. The van der Waals surface area contributed by atoms with Crippen molar-refractivity contribution in [3.63, 3.8) is 0 Å². The van der Waals surface area contributed by atoms with Crippen LogP contribution in [0.5, 0.6) is 5.75 Å². The fourth-order valence-electron chi connectivity index (χ4n) is 3.24. The van der Waals surface area contributed by atoms with Crippen molar-refractivity contribution in [3.8, 4) is 5.75 Å². The van der Waals surface area contributed by atoms with E-state index in [0.717, 1.165) is 28.9 Å². The summed E-state index contributed by atoms with van der Waals surface area (Å²) in [6, 6.07) is 4.06. The second kappa shape index (κ2) is 5.22. The van der Waals surface area contributed by atoms with Gasteiger partial charge in [0.25, 0.3) is 0 Å². The largest absolute Gasteiger partial charge is 0.493 e. The van der Waals surface area contributed by atoms with Gasteiger partial charge in [0, 0.05) is 12.0 Å². The zero-order valence-electron chi connectivity index (χ0n) is 11.6. The molecule has 4 nitrogen and oxygen atoms in total. The van der Waals surface area contributed by atoms with Crippen molar-refractivity contribution in [2.24, 2.45) is 5.73 Å². The average molecular weight is 293 g/mol. The van der Waals surface area contributed by atoms with Crippen molar-refractivity contribution in [1.29, 1.82) is 0 Å². The first-order valence-electron chi connectivity index (χ1n) is 7.01. The van der Waals surface area contributed by atoms with E-state index in [1.54, 1.807) is 7.11 Å². The predicted octanol–water partition coefficient (Wildman–Crippen LogP) is 3.02. The summed E-state index contributed by atoms with van der Waals surface area (Å²) in [4.78, 5) is 11.2. The molecule has 3 rings (SSSR count). The quantitative estimate of drug-likeness (QED) is 0.944. The van der Waals surface area contributed by atoms with Crippen LogP contribution in [0.15, 0.2) is 21.3 Å². The first-order chi connectivity index (χ1) is 9.68. The van der Waals surface area contributed by atoms with Crippen LogP contribution in [-0.4, -0.2) is 13.7 Å².